The highest BCUT2D eigenvalue weighted by atomic mass is 16.5. The summed E-state index contributed by atoms with van der Waals surface area (Å²) in [5.41, 5.74) is 0.882. The van der Waals surface area contributed by atoms with E-state index in [-0.39, 0.29) is 12.2 Å². The number of hydrogen-bond donors (Lipinski definition) is 2. The van der Waals surface area contributed by atoms with E-state index in [0.717, 1.165) is 0 Å². The van der Waals surface area contributed by atoms with E-state index in [9.17, 15) is 14.4 Å². The molecule has 6 nitrogen and oxygen atoms in total. The molecule has 110 valence electrons. The summed E-state index contributed by atoms with van der Waals surface area (Å²) in [6, 6.07) is 4.90. The maximum atomic E-state index is 12.0. The SMILES string of the molecule is C#Cc1ccc(C(=O)N[C@@H](CC(=O)O)C(=O)OCC)cc1. The number of terminal acetylenes is 1. The molecule has 0 aliphatic heterocycles. The third-order valence-electron chi connectivity index (χ3n) is 2.57. The van der Waals surface area contributed by atoms with E-state index in [1.54, 1.807) is 19.1 Å². The van der Waals surface area contributed by atoms with Gasteiger partial charge in [0.15, 0.2) is 0 Å². The van der Waals surface area contributed by atoms with Gasteiger partial charge in [-0.15, -0.1) is 6.42 Å². The lowest BCUT2D eigenvalue weighted by Crippen LogP contribution is -2.43. The molecular weight excluding hydrogens is 274 g/mol. The van der Waals surface area contributed by atoms with Crippen molar-refractivity contribution in [2.24, 2.45) is 0 Å². The predicted molar refractivity (Wildman–Crippen MR) is 74.5 cm³/mol. The first kappa shape index (κ1) is 16.2. The number of amides is 1. The predicted octanol–water partition coefficient (Wildman–Crippen LogP) is 0.804. The fraction of sp³-hybridized carbons (Fsp3) is 0.267. The van der Waals surface area contributed by atoms with Gasteiger partial charge in [-0.2, -0.15) is 0 Å². The Labute approximate surface area is 122 Å². The van der Waals surface area contributed by atoms with Crippen LogP contribution in [0.25, 0.3) is 0 Å². The van der Waals surface area contributed by atoms with Crippen molar-refractivity contribution >= 4 is 17.8 Å². The summed E-state index contributed by atoms with van der Waals surface area (Å²) < 4.78 is 4.73. The zero-order valence-corrected chi connectivity index (χ0v) is 11.5. The summed E-state index contributed by atoms with van der Waals surface area (Å²) in [6.45, 7) is 1.69. The molecule has 1 atom stereocenters. The highest BCUT2D eigenvalue weighted by Gasteiger charge is 2.25. The largest absolute Gasteiger partial charge is 0.481 e. The van der Waals surface area contributed by atoms with Crippen LogP contribution in [0, 0.1) is 12.3 Å². The Morgan fingerprint density at radius 1 is 1.33 bits per heavy atom. The van der Waals surface area contributed by atoms with Crippen molar-refractivity contribution in [1.82, 2.24) is 5.32 Å². The molecular formula is C15H15NO5. The number of esters is 1. The summed E-state index contributed by atoms with van der Waals surface area (Å²) in [7, 11) is 0. The molecule has 0 aromatic heterocycles. The fourth-order valence-electron chi connectivity index (χ4n) is 1.57. The van der Waals surface area contributed by atoms with Gasteiger partial charge in [0.1, 0.15) is 6.04 Å². The number of ether oxygens (including phenoxy) is 1. The highest BCUT2D eigenvalue weighted by molar-refractivity contribution is 5.97. The standard InChI is InChI=1S/C15H15NO5/c1-3-10-5-7-11(8-6-10)14(19)16-12(9-13(17)18)15(20)21-4-2/h1,5-8,12H,4,9H2,2H3,(H,16,19)(H,17,18)/t12-/m0/s1. The average molecular weight is 289 g/mol. The summed E-state index contributed by atoms with van der Waals surface area (Å²) in [5.74, 6) is -0.156. The Kier molecular flexibility index (Phi) is 5.96. The van der Waals surface area contributed by atoms with Crippen LogP contribution in [0.3, 0.4) is 0 Å². The number of rotatable bonds is 6. The van der Waals surface area contributed by atoms with Crippen molar-refractivity contribution in [3.05, 3.63) is 35.4 Å². The van der Waals surface area contributed by atoms with Gasteiger partial charge < -0.3 is 15.2 Å². The molecule has 1 rings (SSSR count). The smallest absolute Gasteiger partial charge is 0.329 e. The van der Waals surface area contributed by atoms with Crippen LogP contribution in [0.15, 0.2) is 24.3 Å². The minimum absolute atomic E-state index is 0.0989. The molecule has 21 heavy (non-hydrogen) atoms. The maximum Gasteiger partial charge on any atom is 0.329 e. The lowest BCUT2D eigenvalue weighted by molar-refractivity contribution is -0.149. The van der Waals surface area contributed by atoms with Crippen LogP contribution in [0.1, 0.15) is 29.3 Å². The molecule has 0 aliphatic rings. The van der Waals surface area contributed by atoms with Crippen molar-refractivity contribution < 1.29 is 24.2 Å². The van der Waals surface area contributed by atoms with Gasteiger partial charge in [-0.3, -0.25) is 9.59 Å². The first-order chi connectivity index (χ1) is 9.97. The van der Waals surface area contributed by atoms with Crippen molar-refractivity contribution in [3.8, 4) is 12.3 Å². The Balaban J connectivity index is 2.81. The van der Waals surface area contributed by atoms with Crippen LogP contribution in [0.4, 0.5) is 0 Å². The van der Waals surface area contributed by atoms with Gasteiger partial charge in [-0.25, -0.2) is 4.79 Å². The number of benzene rings is 1. The lowest BCUT2D eigenvalue weighted by atomic mass is 10.1. The number of carboxylic acid groups (broad SMARTS) is 1. The van der Waals surface area contributed by atoms with Crippen molar-refractivity contribution in [3.63, 3.8) is 0 Å². The van der Waals surface area contributed by atoms with E-state index in [2.05, 4.69) is 11.2 Å². The van der Waals surface area contributed by atoms with Crippen LogP contribution < -0.4 is 5.32 Å². The van der Waals surface area contributed by atoms with E-state index in [4.69, 9.17) is 16.3 Å². The third-order valence-corrected chi connectivity index (χ3v) is 2.57. The van der Waals surface area contributed by atoms with Gasteiger partial charge >= 0.3 is 11.9 Å². The molecule has 0 saturated heterocycles. The summed E-state index contributed by atoms with van der Waals surface area (Å²) in [5, 5.41) is 11.1. The van der Waals surface area contributed by atoms with Gasteiger partial charge in [-0.1, -0.05) is 5.92 Å². The molecule has 6 heteroatoms. The minimum Gasteiger partial charge on any atom is -0.481 e. The zero-order chi connectivity index (χ0) is 15.8. The fourth-order valence-corrected chi connectivity index (χ4v) is 1.57. The van der Waals surface area contributed by atoms with E-state index >= 15 is 0 Å². The van der Waals surface area contributed by atoms with Crippen LogP contribution in [-0.4, -0.2) is 35.6 Å². The first-order valence-corrected chi connectivity index (χ1v) is 6.24. The first-order valence-electron chi connectivity index (χ1n) is 6.24. The Bertz CT molecular complexity index is 571. The Hall–Kier alpha value is -2.81. The molecule has 0 heterocycles. The van der Waals surface area contributed by atoms with Gasteiger partial charge in [0.25, 0.3) is 5.91 Å². The lowest BCUT2D eigenvalue weighted by Gasteiger charge is -2.15. The van der Waals surface area contributed by atoms with Crippen molar-refractivity contribution in [2.75, 3.05) is 6.61 Å². The molecule has 0 aliphatic carbocycles. The molecule has 0 bridgehead atoms. The molecule has 0 unspecified atom stereocenters. The summed E-state index contributed by atoms with van der Waals surface area (Å²) >= 11 is 0. The monoisotopic (exact) mass is 289 g/mol. The van der Waals surface area contributed by atoms with Gasteiger partial charge in [0.2, 0.25) is 0 Å². The maximum absolute atomic E-state index is 12.0. The van der Waals surface area contributed by atoms with E-state index in [0.29, 0.717) is 5.56 Å². The number of hydrogen-bond acceptors (Lipinski definition) is 4. The number of carboxylic acids is 1. The molecule has 1 aromatic rings. The van der Waals surface area contributed by atoms with Crippen molar-refractivity contribution in [1.29, 1.82) is 0 Å². The van der Waals surface area contributed by atoms with Gasteiger partial charge in [0.05, 0.1) is 13.0 Å². The number of carbonyl (C=O) groups is 3. The third kappa shape index (κ3) is 4.99. The second-order valence-corrected chi connectivity index (χ2v) is 4.10. The Morgan fingerprint density at radius 3 is 2.43 bits per heavy atom. The zero-order valence-electron chi connectivity index (χ0n) is 11.5. The molecule has 0 saturated carbocycles. The molecule has 0 spiro atoms. The second-order valence-electron chi connectivity index (χ2n) is 4.10. The number of nitrogens with one attached hydrogen (secondary N) is 1. The molecule has 0 fully saturated rings. The van der Waals surface area contributed by atoms with Crippen LogP contribution in [-0.2, 0) is 14.3 Å². The summed E-state index contributed by atoms with van der Waals surface area (Å²) in [6.07, 6.45) is 4.66. The van der Waals surface area contributed by atoms with E-state index in [1.807, 2.05) is 0 Å². The van der Waals surface area contributed by atoms with Crippen molar-refractivity contribution in [2.45, 2.75) is 19.4 Å². The van der Waals surface area contributed by atoms with E-state index in [1.165, 1.54) is 12.1 Å². The Morgan fingerprint density at radius 2 is 1.95 bits per heavy atom. The van der Waals surface area contributed by atoms with Crippen LogP contribution >= 0.6 is 0 Å². The number of carbonyl (C=O) groups excluding carboxylic acids is 2. The molecule has 2 N–H and O–H groups in total. The number of aliphatic carboxylic acids is 1. The highest BCUT2D eigenvalue weighted by Crippen LogP contribution is 2.05. The summed E-state index contributed by atoms with van der Waals surface area (Å²) in [4.78, 5) is 34.3. The molecule has 1 aromatic carbocycles. The second kappa shape index (κ2) is 7.70. The van der Waals surface area contributed by atoms with Crippen LogP contribution in [0.2, 0.25) is 0 Å². The minimum atomic E-state index is -1.23. The van der Waals surface area contributed by atoms with E-state index < -0.39 is 30.3 Å². The molecule has 1 amide bonds. The quantitative estimate of drug-likeness (QED) is 0.597. The van der Waals surface area contributed by atoms with Crippen LogP contribution in [0.5, 0.6) is 0 Å². The topological polar surface area (TPSA) is 92.7 Å². The average Bonchev–Trinajstić information content (AvgIpc) is 2.46. The van der Waals surface area contributed by atoms with Gasteiger partial charge in [0, 0.05) is 11.1 Å². The van der Waals surface area contributed by atoms with Gasteiger partial charge in [-0.05, 0) is 31.2 Å². The molecule has 0 radical (unpaired) electrons. The normalized spacial score (nSPS) is 11.0.